The van der Waals surface area contributed by atoms with Gasteiger partial charge in [-0.05, 0) is 25.1 Å². The average molecular weight is 365 g/mol. The molecule has 1 aromatic carbocycles. The predicted octanol–water partition coefficient (Wildman–Crippen LogP) is 1.18. The monoisotopic (exact) mass is 365 g/mol. The molecule has 26 heavy (non-hydrogen) atoms. The summed E-state index contributed by atoms with van der Waals surface area (Å²) in [5.41, 5.74) is 0.161. The van der Waals surface area contributed by atoms with Gasteiger partial charge in [-0.15, -0.1) is 0 Å². The second kappa shape index (κ2) is 8.34. The van der Waals surface area contributed by atoms with Gasteiger partial charge in [0, 0.05) is 5.69 Å². The summed E-state index contributed by atoms with van der Waals surface area (Å²) in [4.78, 5) is 37.1. The molecule has 0 unspecified atom stereocenters. The first-order chi connectivity index (χ1) is 12.4. The lowest BCUT2D eigenvalue weighted by Gasteiger charge is -2.31. The summed E-state index contributed by atoms with van der Waals surface area (Å²) >= 11 is 0. The van der Waals surface area contributed by atoms with E-state index in [9.17, 15) is 19.5 Å². The molecule has 0 spiro atoms. The molecule has 0 atom stereocenters. The lowest BCUT2D eigenvalue weighted by Crippen LogP contribution is -2.38. The first-order valence-electron chi connectivity index (χ1n) is 7.69. The second-order valence-corrected chi connectivity index (χ2v) is 5.13. The van der Waals surface area contributed by atoms with E-state index in [0.717, 1.165) is 0 Å². The lowest BCUT2D eigenvalue weighted by atomic mass is 10.1. The molecule has 2 rings (SSSR count). The van der Waals surface area contributed by atoms with Crippen LogP contribution >= 0.6 is 0 Å². The molecule has 1 aliphatic rings. The molecule has 0 bridgehead atoms. The fraction of sp³-hybridized carbons (Fsp3) is 0.353. The van der Waals surface area contributed by atoms with E-state index < -0.39 is 17.9 Å². The Balaban J connectivity index is 2.57. The number of hydrogen-bond donors (Lipinski definition) is 1. The highest BCUT2D eigenvalue weighted by molar-refractivity contribution is 6.03. The molecule has 1 aromatic rings. The van der Waals surface area contributed by atoms with Gasteiger partial charge in [0.15, 0.2) is 0 Å². The van der Waals surface area contributed by atoms with Crippen molar-refractivity contribution in [3.63, 3.8) is 0 Å². The molecule has 0 fully saturated rings. The summed E-state index contributed by atoms with van der Waals surface area (Å²) in [6.07, 6.45) is 0. The number of carboxylic acids is 1. The van der Waals surface area contributed by atoms with Gasteiger partial charge in [-0.1, -0.05) is 0 Å². The van der Waals surface area contributed by atoms with Gasteiger partial charge in [-0.3, -0.25) is 0 Å². The number of anilines is 1. The van der Waals surface area contributed by atoms with Crippen LogP contribution in [0, 0.1) is 0 Å². The Labute approximate surface area is 149 Å². The predicted molar refractivity (Wildman–Crippen MR) is 88.9 cm³/mol. The first-order valence-corrected chi connectivity index (χ1v) is 7.69. The topological polar surface area (TPSA) is 112 Å². The smallest absolute Gasteiger partial charge is 0.355 e. The van der Waals surface area contributed by atoms with E-state index in [1.807, 2.05) is 0 Å². The molecular formula is C17H19NO8. The molecule has 0 aliphatic carbocycles. The van der Waals surface area contributed by atoms with Crippen molar-refractivity contribution in [1.29, 1.82) is 0 Å². The van der Waals surface area contributed by atoms with Crippen molar-refractivity contribution in [3.8, 4) is 5.75 Å². The largest absolute Gasteiger partial charge is 0.493 e. The van der Waals surface area contributed by atoms with E-state index in [-0.39, 0.29) is 35.9 Å². The van der Waals surface area contributed by atoms with E-state index in [1.54, 1.807) is 13.0 Å². The third-order valence-corrected chi connectivity index (χ3v) is 3.64. The number of carbonyl (C=O) groups excluding carboxylic acids is 2. The van der Waals surface area contributed by atoms with Gasteiger partial charge >= 0.3 is 17.9 Å². The summed E-state index contributed by atoms with van der Waals surface area (Å²) < 4.78 is 20.1. The maximum absolute atomic E-state index is 12.2. The molecular weight excluding hydrogens is 346 g/mol. The highest BCUT2D eigenvalue weighted by Crippen LogP contribution is 2.31. The van der Waals surface area contributed by atoms with Crippen LogP contribution in [0.25, 0.3) is 0 Å². The van der Waals surface area contributed by atoms with Crippen LogP contribution in [0.1, 0.15) is 17.3 Å². The number of carbonyl (C=O) groups is 3. The number of ether oxygens (including phenoxy) is 4. The summed E-state index contributed by atoms with van der Waals surface area (Å²) in [5.74, 6) is -2.50. The van der Waals surface area contributed by atoms with Gasteiger partial charge in [-0.25, -0.2) is 14.4 Å². The third-order valence-electron chi connectivity index (χ3n) is 3.64. The number of nitrogens with zero attached hydrogens (tertiary/aromatic N) is 1. The molecule has 0 saturated carbocycles. The molecule has 9 heteroatoms. The summed E-state index contributed by atoms with van der Waals surface area (Å²) in [6.45, 7) is 1.83. The summed E-state index contributed by atoms with van der Waals surface area (Å²) in [6, 6.07) is 4.37. The Morgan fingerprint density at radius 3 is 2.46 bits per heavy atom. The van der Waals surface area contributed by atoms with Crippen LogP contribution in [0.4, 0.5) is 5.69 Å². The van der Waals surface area contributed by atoms with Crippen molar-refractivity contribution in [1.82, 2.24) is 0 Å². The molecule has 1 aliphatic heterocycles. The standard InChI is InChI=1S/C17H19NO8/c1-4-26-13-6-5-10(7-11(13)15(19)20)18-9-25-8-12(16(21)23-2)14(18)17(22)24-3/h5-7H,4,8-9H2,1-3H3,(H,19,20). The van der Waals surface area contributed by atoms with E-state index in [4.69, 9.17) is 14.2 Å². The maximum Gasteiger partial charge on any atom is 0.355 e. The summed E-state index contributed by atoms with van der Waals surface area (Å²) in [7, 11) is 2.36. The average Bonchev–Trinajstić information content (AvgIpc) is 2.66. The number of rotatable bonds is 6. The number of methoxy groups -OCH3 is 2. The highest BCUT2D eigenvalue weighted by atomic mass is 16.5. The summed E-state index contributed by atoms with van der Waals surface area (Å²) in [5, 5.41) is 9.41. The molecule has 0 saturated heterocycles. The van der Waals surface area contributed by atoms with E-state index >= 15 is 0 Å². The minimum Gasteiger partial charge on any atom is -0.493 e. The Bertz CT molecular complexity index is 755. The van der Waals surface area contributed by atoms with Crippen LogP contribution in [0.15, 0.2) is 29.5 Å². The fourth-order valence-corrected chi connectivity index (χ4v) is 2.48. The van der Waals surface area contributed by atoms with Crippen LogP contribution in [-0.4, -0.2) is 57.2 Å². The normalized spacial score (nSPS) is 14.0. The zero-order chi connectivity index (χ0) is 19.3. The van der Waals surface area contributed by atoms with Gasteiger partial charge in [0.05, 0.1) is 33.0 Å². The molecule has 1 N–H and O–H groups in total. The highest BCUT2D eigenvalue weighted by Gasteiger charge is 2.33. The van der Waals surface area contributed by atoms with Crippen LogP contribution in [-0.2, 0) is 23.8 Å². The zero-order valence-corrected chi connectivity index (χ0v) is 14.6. The SMILES string of the molecule is CCOc1ccc(N2COCC(C(=O)OC)=C2C(=O)OC)cc1C(=O)O. The number of carboxylic acid groups (broad SMARTS) is 1. The fourth-order valence-electron chi connectivity index (χ4n) is 2.48. The lowest BCUT2D eigenvalue weighted by molar-refractivity contribution is -0.140. The number of aromatic carboxylic acids is 1. The second-order valence-electron chi connectivity index (χ2n) is 5.13. The Morgan fingerprint density at radius 2 is 1.88 bits per heavy atom. The van der Waals surface area contributed by atoms with Crippen molar-refractivity contribution in [3.05, 3.63) is 35.0 Å². The molecule has 1 heterocycles. The van der Waals surface area contributed by atoms with Crippen molar-refractivity contribution in [2.24, 2.45) is 0 Å². The van der Waals surface area contributed by atoms with Crippen molar-refractivity contribution < 1.29 is 38.4 Å². The molecule has 0 radical (unpaired) electrons. The Morgan fingerprint density at radius 1 is 1.19 bits per heavy atom. The van der Waals surface area contributed by atoms with Crippen LogP contribution in [0.5, 0.6) is 5.75 Å². The number of hydrogen-bond acceptors (Lipinski definition) is 8. The molecule has 0 aromatic heterocycles. The van der Waals surface area contributed by atoms with E-state index in [0.29, 0.717) is 12.3 Å². The van der Waals surface area contributed by atoms with E-state index in [1.165, 1.54) is 31.3 Å². The van der Waals surface area contributed by atoms with Crippen LogP contribution in [0.3, 0.4) is 0 Å². The third kappa shape index (κ3) is 3.77. The molecule has 0 amide bonds. The van der Waals surface area contributed by atoms with Crippen LogP contribution in [0.2, 0.25) is 0 Å². The van der Waals surface area contributed by atoms with Gasteiger partial charge in [0.1, 0.15) is 23.7 Å². The van der Waals surface area contributed by atoms with Gasteiger partial charge in [0.25, 0.3) is 0 Å². The maximum atomic E-state index is 12.2. The minimum atomic E-state index is -1.19. The molecule has 9 nitrogen and oxygen atoms in total. The number of esters is 2. The first kappa shape index (κ1) is 19.3. The van der Waals surface area contributed by atoms with E-state index in [2.05, 4.69) is 4.74 Å². The number of benzene rings is 1. The Hall–Kier alpha value is -3.07. The van der Waals surface area contributed by atoms with Crippen molar-refractivity contribution in [2.45, 2.75) is 6.92 Å². The van der Waals surface area contributed by atoms with Gasteiger partial charge < -0.3 is 29.0 Å². The minimum absolute atomic E-state index is 0.0173. The van der Waals surface area contributed by atoms with Crippen LogP contribution < -0.4 is 9.64 Å². The quantitative estimate of drug-likeness (QED) is 0.743. The van der Waals surface area contributed by atoms with Crippen molar-refractivity contribution in [2.75, 3.05) is 39.1 Å². The van der Waals surface area contributed by atoms with Crippen molar-refractivity contribution >= 4 is 23.6 Å². The molecule has 140 valence electrons. The zero-order valence-electron chi connectivity index (χ0n) is 14.6. The van der Waals surface area contributed by atoms with Gasteiger partial charge in [-0.2, -0.15) is 0 Å². The van der Waals surface area contributed by atoms with Gasteiger partial charge in [0.2, 0.25) is 0 Å². The Kier molecular flexibility index (Phi) is 6.18.